The number of carbonyl (C=O) groups is 1. The van der Waals surface area contributed by atoms with Gasteiger partial charge in [0.2, 0.25) is 5.91 Å². The molecule has 0 aliphatic carbocycles. The second-order valence-electron chi connectivity index (χ2n) is 6.32. The van der Waals surface area contributed by atoms with Crippen molar-refractivity contribution in [2.75, 3.05) is 11.4 Å². The van der Waals surface area contributed by atoms with Crippen LogP contribution in [0.1, 0.15) is 25.3 Å². The summed E-state index contributed by atoms with van der Waals surface area (Å²) >= 11 is 0. The zero-order valence-electron chi connectivity index (χ0n) is 14.0. The molecule has 0 bridgehead atoms. The molecule has 0 unspecified atom stereocenters. The lowest BCUT2D eigenvalue weighted by Gasteiger charge is -2.32. The van der Waals surface area contributed by atoms with Crippen LogP contribution in [0.15, 0.2) is 60.7 Å². The normalized spacial score (nSPS) is 20.0. The molecule has 2 atom stereocenters. The van der Waals surface area contributed by atoms with E-state index in [9.17, 15) is 4.79 Å². The van der Waals surface area contributed by atoms with Crippen LogP contribution in [0.5, 0.6) is 0 Å². The molecule has 1 fully saturated rings. The van der Waals surface area contributed by atoms with Gasteiger partial charge in [0.15, 0.2) is 0 Å². The summed E-state index contributed by atoms with van der Waals surface area (Å²) in [6, 6.07) is 20.6. The van der Waals surface area contributed by atoms with Gasteiger partial charge in [0, 0.05) is 17.6 Å². The fraction of sp³-hybridized carbons (Fsp3) is 0.350. The summed E-state index contributed by atoms with van der Waals surface area (Å²) in [5.74, 6) is 0.351. The van der Waals surface area contributed by atoms with E-state index in [0.29, 0.717) is 12.6 Å². The fourth-order valence-electron chi connectivity index (χ4n) is 3.25. The molecule has 0 aromatic heterocycles. The summed E-state index contributed by atoms with van der Waals surface area (Å²) in [5, 5.41) is 3.42. The predicted molar refractivity (Wildman–Crippen MR) is 102 cm³/mol. The molecule has 1 aliphatic rings. The van der Waals surface area contributed by atoms with Crippen LogP contribution >= 0.6 is 12.4 Å². The van der Waals surface area contributed by atoms with Gasteiger partial charge in [-0.3, -0.25) is 4.79 Å². The molecule has 0 spiro atoms. The Hall–Kier alpha value is -1.84. The molecule has 3 rings (SSSR count). The molecule has 1 heterocycles. The van der Waals surface area contributed by atoms with E-state index < -0.39 is 0 Å². The molecule has 4 heteroatoms. The van der Waals surface area contributed by atoms with E-state index in [-0.39, 0.29) is 24.2 Å². The summed E-state index contributed by atoms with van der Waals surface area (Å²) in [7, 11) is 0. The second kappa shape index (κ2) is 8.86. The number of amides is 1. The number of benzene rings is 2. The Morgan fingerprint density at radius 2 is 1.71 bits per heavy atom. The van der Waals surface area contributed by atoms with Gasteiger partial charge >= 0.3 is 0 Å². The van der Waals surface area contributed by atoms with Crippen molar-refractivity contribution in [2.45, 2.75) is 32.4 Å². The van der Waals surface area contributed by atoms with E-state index in [1.807, 2.05) is 53.4 Å². The Kier molecular flexibility index (Phi) is 6.83. The highest BCUT2D eigenvalue weighted by molar-refractivity contribution is 5.95. The Morgan fingerprint density at radius 3 is 2.33 bits per heavy atom. The number of piperidine rings is 1. The second-order valence-corrected chi connectivity index (χ2v) is 6.32. The standard InChI is InChI=1S/C20H24N2O.ClH/c1-16-14-18(12-13-21-16)20(23)22(19-10-6-3-7-11-19)15-17-8-4-2-5-9-17;/h2-11,16,18,21H,12-15H2,1H3;1H/t16-,18-;/m0./s1. The van der Waals surface area contributed by atoms with Gasteiger partial charge in [0.05, 0.1) is 6.54 Å². The van der Waals surface area contributed by atoms with Crippen molar-refractivity contribution in [3.8, 4) is 0 Å². The van der Waals surface area contributed by atoms with Crippen molar-refractivity contribution >= 4 is 24.0 Å². The third-order valence-electron chi connectivity index (χ3n) is 4.49. The molecule has 1 N–H and O–H groups in total. The van der Waals surface area contributed by atoms with Crippen molar-refractivity contribution in [3.63, 3.8) is 0 Å². The van der Waals surface area contributed by atoms with Crippen molar-refractivity contribution < 1.29 is 4.79 Å². The molecule has 2 aromatic rings. The lowest BCUT2D eigenvalue weighted by atomic mass is 9.91. The largest absolute Gasteiger partial charge is 0.314 e. The monoisotopic (exact) mass is 344 g/mol. The highest BCUT2D eigenvalue weighted by Crippen LogP contribution is 2.24. The number of nitrogens with one attached hydrogen (secondary N) is 1. The first-order valence-electron chi connectivity index (χ1n) is 8.38. The van der Waals surface area contributed by atoms with E-state index in [1.54, 1.807) is 0 Å². The summed E-state index contributed by atoms with van der Waals surface area (Å²) in [6.45, 7) is 3.71. The number of rotatable bonds is 4. The molecule has 3 nitrogen and oxygen atoms in total. The molecule has 0 saturated carbocycles. The summed E-state index contributed by atoms with van der Waals surface area (Å²) in [5.41, 5.74) is 2.14. The summed E-state index contributed by atoms with van der Waals surface area (Å²) in [4.78, 5) is 15.1. The van der Waals surface area contributed by atoms with Crippen molar-refractivity contribution in [1.82, 2.24) is 5.32 Å². The number of hydrogen-bond donors (Lipinski definition) is 1. The maximum Gasteiger partial charge on any atom is 0.230 e. The van der Waals surface area contributed by atoms with Crippen LogP contribution < -0.4 is 10.2 Å². The molecular weight excluding hydrogens is 320 g/mol. The Morgan fingerprint density at radius 1 is 1.08 bits per heavy atom. The van der Waals surface area contributed by atoms with Crippen LogP contribution in [-0.4, -0.2) is 18.5 Å². The number of halogens is 1. The first-order chi connectivity index (χ1) is 11.2. The zero-order chi connectivity index (χ0) is 16.1. The van der Waals surface area contributed by atoms with Gasteiger partial charge in [-0.15, -0.1) is 12.4 Å². The molecular formula is C20H25ClN2O. The number of hydrogen-bond acceptors (Lipinski definition) is 2. The summed E-state index contributed by atoms with van der Waals surface area (Å²) in [6.07, 6.45) is 1.83. The topological polar surface area (TPSA) is 32.3 Å². The predicted octanol–water partition coefficient (Wildman–Crippen LogP) is 4.03. The third-order valence-corrected chi connectivity index (χ3v) is 4.49. The number of para-hydroxylation sites is 1. The number of anilines is 1. The quantitative estimate of drug-likeness (QED) is 0.908. The van der Waals surface area contributed by atoms with E-state index >= 15 is 0 Å². The van der Waals surface area contributed by atoms with Gasteiger partial charge in [-0.25, -0.2) is 0 Å². The van der Waals surface area contributed by atoms with Gasteiger partial charge in [-0.1, -0.05) is 48.5 Å². The maximum atomic E-state index is 13.1. The number of nitrogens with zero attached hydrogens (tertiary/aromatic N) is 1. The van der Waals surface area contributed by atoms with Gasteiger partial charge in [0.1, 0.15) is 0 Å². The Bertz CT molecular complexity index is 633. The van der Waals surface area contributed by atoms with Gasteiger partial charge in [-0.05, 0) is 44.0 Å². The van der Waals surface area contributed by atoms with Gasteiger partial charge in [-0.2, -0.15) is 0 Å². The van der Waals surface area contributed by atoms with Crippen molar-refractivity contribution in [3.05, 3.63) is 66.2 Å². The molecule has 1 aliphatic heterocycles. The minimum Gasteiger partial charge on any atom is -0.314 e. The Balaban J connectivity index is 0.00000208. The minimum absolute atomic E-state index is 0. The van der Waals surface area contributed by atoms with Gasteiger partial charge in [0.25, 0.3) is 0 Å². The van der Waals surface area contributed by atoms with Crippen LogP contribution in [0, 0.1) is 5.92 Å². The third kappa shape index (κ3) is 4.59. The molecule has 1 amide bonds. The van der Waals surface area contributed by atoms with Crippen LogP contribution in [0.3, 0.4) is 0 Å². The smallest absolute Gasteiger partial charge is 0.230 e. The van der Waals surface area contributed by atoms with Crippen molar-refractivity contribution in [2.24, 2.45) is 5.92 Å². The average Bonchev–Trinajstić information content (AvgIpc) is 2.61. The van der Waals surface area contributed by atoms with Gasteiger partial charge < -0.3 is 10.2 Å². The maximum absolute atomic E-state index is 13.1. The molecule has 0 radical (unpaired) electrons. The zero-order valence-corrected chi connectivity index (χ0v) is 14.8. The molecule has 24 heavy (non-hydrogen) atoms. The van der Waals surface area contributed by atoms with Crippen LogP contribution in [0.4, 0.5) is 5.69 Å². The highest BCUT2D eigenvalue weighted by atomic mass is 35.5. The van der Waals surface area contributed by atoms with Crippen LogP contribution in [0.25, 0.3) is 0 Å². The average molecular weight is 345 g/mol. The Labute approximate surface area is 150 Å². The van der Waals surface area contributed by atoms with E-state index in [4.69, 9.17) is 0 Å². The lowest BCUT2D eigenvalue weighted by Crippen LogP contribution is -2.44. The lowest BCUT2D eigenvalue weighted by molar-refractivity contribution is -0.123. The fourth-order valence-corrected chi connectivity index (χ4v) is 3.25. The number of carbonyl (C=O) groups excluding carboxylic acids is 1. The van der Waals surface area contributed by atoms with E-state index in [0.717, 1.165) is 30.6 Å². The minimum atomic E-state index is 0. The summed E-state index contributed by atoms with van der Waals surface area (Å²) < 4.78 is 0. The van der Waals surface area contributed by atoms with E-state index in [2.05, 4.69) is 24.4 Å². The van der Waals surface area contributed by atoms with Crippen molar-refractivity contribution in [1.29, 1.82) is 0 Å². The van der Waals surface area contributed by atoms with Crippen LogP contribution in [0.2, 0.25) is 0 Å². The molecule has 128 valence electrons. The van der Waals surface area contributed by atoms with E-state index in [1.165, 1.54) is 0 Å². The van der Waals surface area contributed by atoms with Crippen LogP contribution in [-0.2, 0) is 11.3 Å². The molecule has 1 saturated heterocycles. The molecule has 2 aromatic carbocycles. The first-order valence-corrected chi connectivity index (χ1v) is 8.38. The SMILES string of the molecule is C[C@H]1C[C@@H](C(=O)N(Cc2ccccc2)c2ccccc2)CCN1.Cl. The first kappa shape index (κ1) is 18.5. The highest BCUT2D eigenvalue weighted by Gasteiger charge is 2.29.